The van der Waals surface area contributed by atoms with Crippen molar-refractivity contribution in [3.8, 4) is 34.1 Å². The van der Waals surface area contributed by atoms with Crippen molar-refractivity contribution in [2.75, 3.05) is 27.8 Å². The van der Waals surface area contributed by atoms with Crippen molar-refractivity contribution in [2.24, 2.45) is 0 Å². The number of methoxy groups -OCH3 is 2. The van der Waals surface area contributed by atoms with E-state index in [2.05, 4.69) is 48.5 Å². The summed E-state index contributed by atoms with van der Waals surface area (Å²) in [6.45, 7) is 1.19. The molecule has 0 aromatic heterocycles. The number of benzene rings is 6. The lowest BCUT2D eigenvalue weighted by atomic mass is 9.92. The smallest absolute Gasteiger partial charge is 0.188 e. The van der Waals surface area contributed by atoms with Crippen LogP contribution in [0.4, 0.5) is 0 Å². The van der Waals surface area contributed by atoms with E-state index in [4.69, 9.17) is 28.4 Å². The van der Waals surface area contributed by atoms with Crippen molar-refractivity contribution < 1.29 is 28.4 Å². The van der Waals surface area contributed by atoms with Crippen LogP contribution in [0.15, 0.2) is 121 Å². The largest absolute Gasteiger partial charge is 0.488 e. The second-order valence-electron chi connectivity index (χ2n) is 10.3. The maximum absolute atomic E-state index is 6.58. The van der Waals surface area contributed by atoms with E-state index >= 15 is 0 Å². The fourth-order valence-corrected chi connectivity index (χ4v) is 5.24. The van der Waals surface area contributed by atoms with Gasteiger partial charge in [-0.05, 0) is 81.2 Å². The van der Waals surface area contributed by atoms with Gasteiger partial charge in [-0.1, -0.05) is 72.8 Å². The van der Waals surface area contributed by atoms with Gasteiger partial charge in [0.25, 0.3) is 0 Å². The van der Waals surface area contributed by atoms with Gasteiger partial charge >= 0.3 is 0 Å². The Bertz CT molecular complexity index is 1700. The highest BCUT2D eigenvalue weighted by atomic mass is 16.7. The van der Waals surface area contributed by atoms with E-state index in [0.717, 1.165) is 66.8 Å². The third-order valence-corrected chi connectivity index (χ3v) is 7.32. The number of fused-ring (bicyclic) bond motifs is 2. The van der Waals surface area contributed by atoms with Gasteiger partial charge in [0.05, 0.1) is 0 Å². The molecule has 0 bridgehead atoms. The number of hydrogen-bond acceptors (Lipinski definition) is 6. The molecule has 6 aromatic carbocycles. The highest BCUT2D eigenvalue weighted by Crippen LogP contribution is 2.47. The molecule has 0 radical (unpaired) electrons. The molecule has 0 aliphatic carbocycles. The van der Waals surface area contributed by atoms with Crippen molar-refractivity contribution >= 4 is 21.5 Å². The van der Waals surface area contributed by atoms with E-state index in [1.807, 2.05) is 72.8 Å². The standard InChI is InChI=1S/C38H34O6/c1-39-25-43-31-15-17-33-29(21-31)13-19-35(41-23-27-9-5-3-6-10-27)37(33)38-34-18-16-32(44-26-40-2)22-30(34)14-20-36(38)42-24-28-11-7-4-8-12-28/h3-22H,23-26H2,1-2H3. The molecule has 0 spiro atoms. The van der Waals surface area contributed by atoms with Gasteiger partial charge in [0.15, 0.2) is 13.6 Å². The molecule has 0 aliphatic rings. The molecule has 6 aromatic rings. The first-order valence-corrected chi connectivity index (χ1v) is 14.4. The molecule has 0 fully saturated rings. The number of rotatable bonds is 13. The fraction of sp³-hybridized carbons (Fsp3) is 0.158. The molecule has 6 nitrogen and oxygen atoms in total. The summed E-state index contributed by atoms with van der Waals surface area (Å²) in [6.07, 6.45) is 0. The predicted molar refractivity (Wildman–Crippen MR) is 173 cm³/mol. The molecule has 0 atom stereocenters. The molecule has 222 valence electrons. The minimum Gasteiger partial charge on any atom is -0.488 e. The number of hydrogen-bond donors (Lipinski definition) is 0. The van der Waals surface area contributed by atoms with E-state index in [9.17, 15) is 0 Å². The molecule has 0 saturated heterocycles. The van der Waals surface area contributed by atoms with Gasteiger partial charge in [0.1, 0.15) is 36.2 Å². The Hall–Kier alpha value is -5.04. The topological polar surface area (TPSA) is 55.4 Å². The quantitative estimate of drug-likeness (QED) is 0.126. The van der Waals surface area contributed by atoms with Gasteiger partial charge in [0.2, 0.25) is 0 Å². The lowest BCUT2D eigenvalue weighted by molar-refractivity contribution is 0.0510. The summed E-state index contributed by atoms with van der Waals surface area (Å²) in [7, 11) is 3.22. The zero-order chi connectivity index (χ0) is 30.1. The van der Waals surface area contributed by atoms with Crippen molar-refractivity contribution in [3.05, 3.63) is 132 Å². The summed E-state index contributed by atoms with van der Waals surface area (Å²) in [5.74, 6) is 2.95. The molecular formula is C38H34O6. The molecule has 44 heavy (non-hydrogen) atoms. The summed E-state index contributed by atoms with van der Waals surface area (Å²) in [4.78, 5) is 0. The minimum absolute atomic E-state index is 0.172. The van der Waals surface area contributed by atoms with Gasteiger partial charge in [-0.25, -0.2) is 0 Å². The van der Waals surface area contributed by atoms with Gasteiger partial charge in [-0.15, -0.1) is 0 Å². The third-order valence-electron chi connectivity index (χ3n) is 7.32. The molecular weight excluding hydrogens is 552 g/mol. The molecule has 0 aliphatic heterocycles. The monoisotopic (exact) mass is 586 g/mol. The summed E-state index contributed by atoms with van der Waals surface area (Å²) in [5.41, 5.74) is 4.05. The van der Waals surface area contributed by atoms with Gasteiger partial charge in [-0.3, -0.25) is 0 Å². The Morgan fingerprint density at radius 2 is 0.864 bits per heavy atom. The second kappa shape index (κ2) is 14.0. The maximum atomic E-state index is 6.58. The van der Waals surface area contributed by atoms with Crippen molar-refractivity contribution in [1.82, 2.24) is 0 Å². The summed E-state index contributed by atoms with van der Waals surface area (Å²) in [6, 6.07) is 40.6. The lowest BCUT2D eigenvalue weighted by Gasteiger charge is -2.20. The lowest BCUT2D eigenvalue weighted by Crippen LogP contribution is -2.02. The van der Waals surface area contributed by atoms with Crippen molar-refractivity contribution in [2.45, 2.75) is 13.2 Å². The Morgan fingerprint density at radius 1 is 0.432 bits per heavy atom. The number of ether oxygens (including phenoxy) is 6. The Morgan fingerprint density at radius 3 is 1.27 bits per heavy atom. The van der Waals surface area contributed by atoms with Gasteiger partial charge < -0.3 is 28.4 Å². The highest BCUT2D eigenvalue weighted by Gasteiger charge is 2.20. The average Bonchev–Trinajstić information content (AvgIpc) is 3.08. The van der Waals surface area contributed by atoms with E-state index in [0.29, 0.717) is 13.2 Å². The first-order chi connectivity index (χ1) is 21.7. The van der Waals surface area contributed by atoms with Crippen LogP contribution in [0.1, 0.15) is 11.1 Å². The Kier molecular flexibility index (Phi) is 9.21. The van der Waals surface area contributed by atoms with Crippen LogP contribution >= 0.6 is 0 Å². The Labute approximate surface area is 257 Å². The summed E-state index contributed by atoms with van der Waals surface area (Å²) >= 11 is 0. The van der Waals surface area contributed by atoms with Crippen LogP contribution in [-0.2, 0) is 22.7 Å². The zero-order valence-electron chi connectivity index (χ0n) is 24.8. The van der Waals surface area contributed by atoms with Gasteiger partial charge in [-0.2, -0.15) is 0 Å². The SMILES string of the molecule is COCOc1ccc2c(-c3c(OCc4ccccc4)ccc4cc(OCOC)ccc34)c(OCc3ccccc3)ccc2c1. The van der Waals surface area contributed by atoms with Crippen LogP contribution in [0.5, 0.6) is 23.0 Å². The minimum atomic E-state index is 0.172. The van der Waals surface area contributed by atoms with Crippen molar-refractivity contribution in [3.63, 3.8) is 0 Å². The molecule has 6 heteroatoms. The van der Waals surface area contributed by atoms with Gasteiger partial charge in [0, 0.05) is 25.3 Å². The normalized spacial score (nSPS) is 11.0. The predicted octanol–water partition coefficient (Wildman–Crippen LogP) is 8.78. The molecule has 0 heterocycles. The van der Waals surface area contributed by atoms with Crippen LogP contribution in [0.25, 0.3) is 32.7 Å². The van der Waals surface area contributed by atoms with Crippen molar-refractivity contribution in [1.29, 1.82) is 0 Å². The van der Waals surface area contributed by atoms with E-state index in [1.165, 1.54) is 0 Å². The first kappa shape index (κ1) is 29.1. The first-order valence-electron chi connectivity index (χ1n) is 14.4. The third kappa shape index (κ3) is 6.62. The molecule has 0 unspecified atom stereocenters. The second-order valence-corrected chi connectivity index (χ2v) is 10.3. The van der Waals surface area contributed by atoms with E-state index in [-0.39, 0.29) is 13.6 Å². The van der Waals surface area contributed by atoms with E-state index in [1.54, 1.807) is 14.2 Å². The van der Waals surface area contributed by atoms with Crippen LogP contribution in [0.2, 0.25) is 0 Å². The molecule has 6 rings (SSSR count). The van der Waals surface area contributed by atoms with E-state index < -0.39 is 0 Å². The summed E-state index contributed by atoms with van der Waals surface area (Å²) < 4.78 is 34.9. The molecule has 0 amide bonds. The van der Waals surface area contributed by atoms with Crippen LogP contribution < -0.4 is 18.9 Å². The average molecular weight is 587 g/mol. The highest BCUT2D eigenvalue weighted by molar-refractivity contribution is 6.10. The maximum Gasteiger partial charge on any atom is 0.188 e. The Balaban J connectivity index is 1.53. The summed E-state index contributed by atoms with van der Waals surface area (Å²) in [5, 5.41) is 4.03. The zero-order valence-corrected chi connectivity index (χ0v) is 24.8. The van der Waals surface area contributed by atoms with Crippen LogP contribution in [0.3, 0.4) is 0 Å². The van der Waals surface area contributed by atoms with Crippen LogP contribution in [-0.4, -0.2) is 27.8 Å². The van der Waals surface area contributed by atoms with Crippen LogP contribution in [0, 0.1) is 0 Å². The molecule has 0 N–H and O–H groups in total. The fourth-order valence-electron chi connectivity index (χ4n) is 5.24. The molecule has 0 saturated carbocycles.